The molecule has 20 heavy (non-hydrogen) atoms. The summed E-state index contributed by atoms with van der Waals surface area (Å²) in [6.07, 6.45) is 9.69. The molecule has 0 spiro atoms. The largest absolute Gasteiger partial charge is 0.319 e. The van der Waals surface area contributed by atoms with E-state index in [2.05, 4.69) is 50.6 Å². The van der Waals surface area contributed by atoms with Crippen molar-refractivity contribution >= 4 is 0 Å². The number of rotatable bonds is 6. The minimum absolute atomic E-state index is 0.818. The lowest BCUT2D eigenvalue weighted by Gasteiger charge is -2.38. The highest BCUT2D eigenvalue weighted by Crippen LogP contribution is 2.38. The van der Waals surface area contributed by atoms with Crippen LogP contribution in [0.1, 0.15) is 45.6 Å². The summed E-state index contributed by atoms with van der Waals surface area (Å²) in [6, 6.07) is 0. The van der Waals surface area contributed by atoms with Crippen molar-refractivity contribution in [1.29, 1.82) is 0 Å². The Balaban J connectivity index is 2.02. The fourth-order valence-electron chi connectivity index (χ4n) is 3.74. The summed E-state index contributed by atoms with van der Waals surface area (Å²) in [7, 11) is 2.08. The topological polar surface area (TPSA) is 29.9 Å². The first-order valence-electron chi connectivity index (χ1n) is 8.30. The lowest BCUT2D eigenvalue weighted by Crippen LogP contribution is -2.34. The monoisotopic (exact) mass is 277 g/mol. The van der Waals surface area contributed by atoms with Crippen LogP contribution in [0.25, 0.3) is 0 Å². The molecule has 0 radical (unpaired) electrons. The number of nitrogens with zero attached hydrogens (tertiary/aromatic N) is 2. The van der Waals surface area contributed by atoms with Gasteiger partial charge in [-0.1, -0.05) is 13.8 Å². The molecule has 1 aliphatic rings. The Morgan fingerprint density at radius 2 is 2.15 bits per heavy atom. The second-order valence-electron chi connectivity index (χ2n) is 6.80. The van der Waals surface area contributed by atoms with Gasteiger partial charge in [-0.25, -0.2) is 0 Å². The molecule has 0 saturated heterocycles. The highest BCUT2D eigenvalue weighted by molar-refractivity contribution is 5.06. The van der Waals surface area contributed by atoms with Gasteiger partial charge in [-0.15, -0.1) is 0 Å². The van der Waals surface area contributed by atoms with Crippen LogP contribution in [0.3, 0.4) is 0 Å². The molecule has 0 amide bonds. The van der Waals surface area contributed by atoms with Gasteiger partial charge in [0, 0.05) is 12.7 Å². The van der Waals surface area contributed by atoms with Crippen LogP contribution in [-0.2, 0) is 13.0 Å². The standard InChI is InChI=1S/C17H31N3/c1-5-20-12-14(10-19-20)8-17-9-15(13(2)3)6-7-16(17)11-18-4/h10,12-13,15-18H,5-9,11H2,1-4H3. The van der Waals surface area contributed by atoms with Gasteiger partial charge in [0.05, 0.1) is 6.20 Å². The molecule has 3 heteroatoms. The molecular formula is C17H31N3. The van der Waals surface area contributed by atoms with Gasteiger partial charge in [0.25, 0.3) is 0 Å². The maximum atomic E-state index is 4.43. The van der Waals surface area contributed by atoms with E-state index in [9.17, 15) is 0 Å². The van der Waals surface area contributed by atoms with Gasteiger partial charge in [0.2, 0.25) is 0 Å². The molecule has 2 rings (SSSR count). The van der Waals surface area contributed by atoms with Gasteiger partial charge in [-0.2, -0.15) is 5.10 Å². The second kappa shape index (κ2) is 7.26. The molecule has 0 aliphatic heterocycles. The molecule has 3 unspecified atom stereocenters. The van der Waals surface area contributed by atoms with Crippen molar-refractivity contribution in [2.75, 3.05) is 13.6 Å². The maximum Gasteiger partial charge on any atom is 0.0521 e. The average Bonchev–Trinajstić information content (AvgIpc) is 2.88. The van der Waals surface area contributed by atoms with Crippen molar-refractivity contribution in [2.45, 2.75) is 53.0 Å². The fraction of sp³-hybridized carbons (Fsp3) is 0.824. The van der Waals surface area contributed by atoms with Gasteiger partial charge in [-0.05, 0) is 75.4 Å². The third-order valence-corrected chi connectivity index (χ3v) is 5.10. The molecule has 114 valence electrons. The van der Waals surface area contributed by atoms with E-state index >= 15 is 0 Å². The van der Waals surface area contributed by atoms with Crippen LogP contribution in [0.15, 0.2) is 12.4 Å². The summed E-state index contributed by atoms with van der Waals surface area (Å²) < 4.78 is 2.05. The first-order valence-corrected chi connectivity index (χ1v) is 8.30. The molecule has 0 bridgehead atoms. The predicted molar refractivity (Wildman–Crippen MR) is 84.7 cm³/mol. The fourth-order valence-corrected chi connectivity index (χ4v) is 3.74. The zero-order valence-electron chi connectivity index (χ0n) is 13.6. The maximum absolute atomic E-state index is 4.43. The number of nitrogens with one attached hydrogen (secondary N) is 1. The van der Waals surface area contributed by atoms with E-state index in [1.807, 2.05) is 4.68 Å². The lowest BCUT2D eigenvalue weighted by molar-refractivity contribution is 0.146. The summed E-state index contributed by atoms with van der Waals surface area (Å²) in [5, 5.41) is 7.82. The van der Waals surface area contributed by atoms with Crippen LogP contribution in [0.4, 0.5) is 0 Å². The molecule has 1 heterocycles. The van der Waals surface area contributed by atoms with Crippen molar-refractivity contribution < 1.29 is 0 Å². The Hall–Kier alpha value is -0.830. The molecule has 1 N–H and O–H groups in total. The van der Waals surface area contributed by atoms with Gasteiger partial charge in [0.1, 0.15) is 0 Å². The Kier molecular flexibility index (Phi) is 5.64. The molecule has 1 saturated carbocycles. The van der Waals surface area contributed by atoms with E-state index in [0.717, 1.165) is 36.8 Å². The zero-order valence-corrected chi connectivity index (χ0v) is 13.6. The number of hydrogen-bond acceptors (Lipinski definition) is 2. The Morgan fingerprint density at radius 3 is 2.75 bits per heavy atom. The minimum atomic E-state index is 0.818. The van der Waals surface area contributed by atoms with Crippen molar-refractivity contribution in [3.63, 3.8) is 0 Å². The van der Waals surface area contributed by atoms with Gasteiger partial charge in [0.15, 0.2) is 0 Å². The third-order valence-electron chi connectivity index (χ3n) is 5.10. The summed E-state index contributed by atoms with van der Waals surface area (Å²) in [5.41, 5.74) is 1.42. The van der Waals surface area contributed by atoms with Crippen molar-refractivity contribution in [1.82, 2.24) is 15.1 Å². The number of aromatic nitrogens is 2. The van der Waals surface area contributed by atoms with E-state index in [1.165, 1.54) is 31.2 Å². The molecule has 1 aromatic rings. The van der Waals surface area contributed by atoms with E-state index in [4.69, 9.17) is 0 Å². The summed E-state index contributed by atoms with van der Waals surface area (Å²) >= 11 is 0. The highest BCUT2D eigenvalue weighted by atomic mass is 15.3. The molecule has 1 aromatic heterocycles. The van der Waals surface area contributed by atoms with E-state index in [0.29, 0.717) is 0 Å². The average molecular weight is 277 g/mol. The number of hydrogen-bond donors (Lipinski definition) is 1. The predicted octanol–water partition coefficient (Wildman–Crippen LogP) is 3.35. The lowest BCUT2D eigenvalue weighted by atomic mass is 9.69. The van der Waals surface area contributed by atoms with E-state index < -0.39 is 0 Å². The molecule has 1 aliphatic carbocycles. The molecule has 3 atom stereocenters. The van der Waals surface area contributed by atoms with Gasteiger partial charge in [-0.3, -0.25) is 4.68 Å². The third kappa shape index (κ3) is 3.85. The second-order valence-corrected chi connectivity index (χ2v) is 6.80. The van der Waals surface area contributed by atoms with Gasteiger partial charge < -0.3 is 5.32 Å². The molecule has 1 fully saturated rings. The molecular weight excluding hydrogens is 246 g/mol. The van der Waals surface area contributed by atoms with Crippen LogP contribution in [0, 0.1) is 23.7 Å². The first-order chi connectivity index (χ1) is 9.63. The summed E-state index contributed by atoms with van der Waals surface area (Å²) in [6.45, 7) is 9.05. The van der Waals surface area contributed by atoms with Gasteiger partial charge >= 0.3 is 0 Å². The van der Waals surface area contributed by atoms with Crippen LogP contribution in [0.5, 0.6) is 0 Å². The molecule has 3 nitrogen and oxygen atoms in total. The summed E-state index contributed by atoms with van der Waals surface area (Å²) in [5.74, 6) is 3.39. The van der Waals surface area contributed by atoms with Crippen molar-refractivity contribution in [3.8, 4) is 0 Å². The minimum Gasteiger partial charge on any atom is -0.319 e. The SMILES string of the molecule is CCn1cc(CC2CC(C(C)C)CCC2CNC)cn1. The first kappa shape index (κ1) is 15.6. The number of aryl methyl sites for hydroxylation is 1. The van der Waals surface area contributed by atoms with Crippen molar-refractivity contribution in [3.05, 3.63) is 18.0 Å². The van der Waals surface area contributed by atoms with Crippen LogP contribution in [-0.4, -0.2) is 23.4 Å². The highest BCUT2D eigenvalue weighted by Gasteiger charge is 2.31. The normalized spacial score (nSPS) is 27.1. The molecule has 0 aromatic carbocycles. The van der Waals surface area contributed by atoms with E-state index in [-0.39, 0.29) is 0 Å². The van der Waals surface area contributed by atoms with Crippen LogP contribution < -0.4 is 5.32 Å². The zero-order chi connectivity index (χ0) is 14.5. The Labute approximate surface area is 124 Å². The Morgan fingerprint density at radius 1 is 1.35 bits per heavy atom. The van der Waals surface area contributed by atoms with Crippen LogP contribution in [0.2, 0.25) is 0 Å². The Bertz CT molecular complexity index is 397. The van der Waals surface area contributed by atoms with E-state index in [1.54, 1.807) is 0 Å². The smallest absolute Gasteiger partial charge is 0.0521 e. The van der Waals surface area contributed by atoms with Crippen molar-refractivity contribution in [2.24, 2.45) is 23.7 Å². The van der Waals surface area contributed by atoms with Crippen LogP contribution >= 0.6 is 0 Å². The quantitative estimate of drug-likeness (QED) is 0.864. The summed E-state index contributed by atoms with van der Waals surface area (Å²) in [4.78, 5) is 0.